The molecule has 0 bridgehead atoms. The third-order valence-electron chi connectivity index (χ3n) is 4.90. The normalized spacial score (nSPS) is 14.5. The zero-order chi connectivity index (χ0) is 19.5. The molecule has 1 heterocycles. The van der Waals surface area contributed by atoms with Crippen molar-refractivity contribution in [2.45, 2.75) is 32.1 Å². The van der Waals surface area contributed by atoms with Gasteiger partial charge in [-0.2, -0.15) is 0 Å². The smallest absolute Gasteiger partial charge is 0.253 e. The van der Waals surface area contributed by atoms with Gasteiger partial charge in [0.1, 0.15) is 0 Å². The van der Waals surface area contributed by atoms with Crippen LogP contribution in [0.3, 0.4) is 0 Å². The number of nitrogens with one attached hydrogen (secondary N) is 2. The lowest BCUT2D eigenvalue weighted by Crippen LogP contribution is -2.38. The first-order chi connectivity index (χ1) is 13.1. The summed E-state index contributed by atoms with van der Waals surface area (Å²) >= 11 is 0. The summed E-state index contributed by atoms with van der Waals surface area (Å²) in [6.07, 6.45) is 5.97. The van der Waals surface area contributed by atoms with Gasteiger partial charge in [-0.05, 0) is 69.4 Å². The van der Waals surface area contributed by atoms with Gasteiger partial charge in [-0.25, -0.2) is 0 Å². The number of nitrogens with zero attached hydrogens (tertiary/aromatic N) is 3. The molecule has 0 unspecified atom stereocenters. The zero-order valence-corrected chi connectivity index (χ0v) is 19.9. The number of likely N-dealkylation sites (tertiary alicyclic amines) is 1. The van der Waals surface area contributed by atoms with Crippen molar-refractivity contribution in [1.29, 1.82) is 0 Å². The van der Waals surface area contributed by atoms with E-state index in [4.69, 9.17) is 0 Å². The molecule has 1 saturated heterocycles. The predicted molar refractivity (Wildman–Crippen MR) is 128 cm³/mol. The maximum Gasteiger partial charge on any atom is 0.253 e. The number of carbonyl (C=O) groups is 1. The molecule has 1 aromatic rings. The van der Waals surface area contributed by atoms with Crippen LogP contribution in [0.2, 0.25) is 0 Å². The fourth-order valence-corrected chi connectivity index (χ4v) is 3.34. The number of halogens is 1. The van der Waals surface area contributed by atoms with Crippen molar-refractivity contribution in [1.82, 2.24) is 20.4 Å². The molecular weight excluding hydrogens is 465 g/mol. The van der Waals surface area contributed by atoms with E-state index in [9.17, 15) is 4.79 Å². The van der Waals surface area contributed by atoms with Crippen LogP contribution in [0.5, 0.6) is 0 Å². The van der Waals surface area contributed by atoms with Gasteiger partial charge in [0, 0.05) is 39.8 Å². The molecule has 2 rings (SSSR count). The molecule has 0 aromatic heterocycles. The van der Waals surface area contributed by atoms with Gasteiger partial charge < -0.3 is 20.4 Å². The summed E-state index contributed by atoms with van der Waals surface area (Å²) < 4.78 is 0. The van der Waals surface area contributed by atoms with E-state index in [0.29, 0.717) is 0 Å². The van der Waals surface area contributed by atoms with Crippen LogP contribution >= 0.6 is 24.0 Å². The summed E-state index contributed by atoms with van der Waals surface area (Å²) in [6.45, 7) is 5.50. The van der Waals surface area contributed by atoms with Crippen LogP contribution in [0.25, 0.3) is 0 Å². The van der Waals surface area contributed by atoms with Crippen LogP contribution in [0, 0.1) is 0 Å². The molecule has 158 valence electrons. The van der Waals surface area contributed by atoms with E-state index >= 15 is 0 Å². The first-order valence-electron chi connectivity index (χ1n) is 10.1. The van der Waals surface area contributed by atoms with Gasteiger partial charge in [0.25, 0.3) is 5.91 Å². The number of hydrogen-bond donors (Lipinski definition) is 2. The average Bonchev–Trinajstić information content (AvgIpc) is 3.19. The van der Waals surface area contributed by atoms with Crippen molar-refractivity contribution in [2.24, 2.45) is 4.99 Å². The highest BCUT2D eigenvalue weighted by Crippen LogP contribution is 2.08. The molecule has 0 radical (unpaired) electrons. The van der Waals surface area contributed by atoms with Crippen LogP contribution in [0.15, 0.2) is 29.3 Å². The highest BCUT2D eigenvalue weighted by atomic mass is 127. The van der Waals surface area contributed by atoms with Crippen LogP contribution in [-0.4, -0.2) is 75.5 Å². The summed E-state index contributed by atoms with van der Waals surface area (Å²) in [5.74, 6) is 0.882. The number of rotatable bonds is 9. The topological polar surface area (TPSA) is 60.0 Å². The summed E-state index contributed by atoms with van der Waals surface area (Å²) in [4.78, 5) is 20.5. The molecule has 2 N–H and O–H groups in total. The lowest BCUT2D eigenvalue weighted by molar-refractivity contribution is 0.0827. The number of unbranched alkanes of at least 4 members (excludes halogenated alkanes) is 1. The Labute approximate surface area is 187 Å². The lowest BCUT2D eigenvalue weighted by atomic mass is 10.1. The van der Waals surface area contributed by atoms with Gasteiger partial charge >= 0.3 is 0 Å². The molecule has 1 fully saturated rings. The SMILES string of the molecule is CN=C(NCCCCN1CCCC1)NCCc1cccc(C(=O)N(C)C)c1.I. The Kier molecular flexibility index (Phi) is 12.1. The number of carbonyl (C=O) groups excluding carboxylic acids is 1. The van der Waals surface area contributed by atoms with E-state index in [1.807, 2.05) is 18.2 Å². The maximum absolute atomic E-state index is 12.1. The Bertz CT molecular complexity index is 615. The molecule has 1 aliphatic heterocycles. The molecule has 6 nitrogen and oxygen atoms in total. The van der Waals surface area contributed by atoms with Crippen molar-refractivity contribution in [3.8, 4) is 0 Å². The number of aliphatic imine (C=N–C) groups is 1. The number of benzene rings is 1. The lowest BCUT2D eigenvalue weighted by Gasteiger charge is -2.15. The molecule has 1 amide bonds. The average molecular weight is 501 g/mol. The Morgan fingerprint density at radius 1 is 1.14 bits per heavy atom. The summed E-state index contributed by atoms with van der Waals surface area (Å²) in [6, 6.07) is 7.84. The van der Waals surface area contributed by atoms with E-state index in [2.05, 4.69) is 26.6 Å². The van der Waals surface area contributed by atoms with Crippen LogP contribution in [0.4, 0.5) is 0 Å². The second-order valence-electron chi connectivity index (χ2n) is 7.33. The predicted octanol–water partition coefficient (Wildman–Crippen LogP) is 2.59. The standard InChI is InChI=1S/C21H35N5O.HI/c1-22-21(23-12-4-5-14-26-15-6-7-16-26)24-13-11-18-9-8-10-19(17-18)20(27)25(2)3;/h8-10,17H,4-7,11-16H2,1-3H3,(H2,22,23,24);1H. The summed E-state index contributed by atoms with van der Waals surface area (Å²) in [5, 5.41) is 6.74. The third-order valence-corrected chi connectivity index (χ3v) is 4.90. The maximum atomic E-state index is 12.1. The van der Waals surface area contributed by atoms with Crippen LogP contribution in [0.1, 0.15) is 41.6 Å². The van der Waals surface area contributed by atoms with E-state index in [-0.39, 0.29) is 29.9 Å². The molecule has 0 saturated carbocycles. The minimum Gasteiger partial charge on any atom is -0.356 e. The van der Waals surface area contributed by atoms with Crippen LogP contribution in [-0.2, 0) is 6.42 Å². The first-order valence-corrected chi connectivity index (χ1v) is 10.1. The Balaban J connectivity index is 0.00000392. The Morgan fingerprint density at radius 3 is 2.54 bits per heavy atom. The summed E-state index contributed by atoms with van der Waals surface area (Å²) in [5.41, 5.74) is 1.88. The third kappa shape index (κ3) is 8.77. The quantitative estimate of drug-likeness (QED) is 0.237. The van der Waals surface area contributed by atoms with Crippen molar-refractivity contribution >= 4 is 35.8 Å². The second-order valence-corrected chi connectivity index (χ2v) is 7.33. The number of amides is 1. The number of guanidine groups is 1. The minimum atomic E-state index is 0. The van der Waals surface area contributed by atoms with Gasteiger partial charge in [-0.3, -0.25) is 9.79 Å². The molecule has 0 spiro atoms. The van der Waals surface area contributed by atoms with E-state index in [0.717, 1.165) is 43.0 Å². The number of hydrogen-bond acceptors (Lipinski definition) is 3. The molecule has 1 aromatic carbocycles. The van der Waals surface area contributed by atoms with Crippen molar-refractivity contribution in [3.05, 3.63) is 35.4 Å². The van der Waals surface area contributed by atoms with Gasteiger partial charge in [0.05, 0.1) is 0 Å². The molecule has 7 heteroatoms. The Morgan fingerprint density at radius 2 is 1.86 bits per heavy atom. The van der Waals surface area contributed by atoms with Crippen LogP contribution < -0.4 is 10.6 Å². The highest BCUT2D eigenvalue weighted by molar-refractivity contribution is 14.0. The Hall–Kier alpha value is -1.35. The van der Waals surface area contributed by atoms with E-state index < -0.39 is 0 Å². The summed E-state index contributed by atoms with van der Waals surface area (Å²) in [7, 11) is 5.35. The van der Waals surface area contributed by atoms with E-state index in [1.54, 1.807) is 26.0 Å². The van der Waals surface area contributed by atoms with E-state index in [1.165, 1.54) is 38.9 Å². The minimum absolute atomic E-state index is 0. The van der Waals surface area contributed by atoms with Crippen molar-refractivity contribution < 1.29 is 4.79 Å². The fraction of sp³-hybridized carbons (Fsp3) is 0.619. The van der Waals surface area contributed by atoms with Gasteiger partial charge in [0.15, 0.2) is 5.96 Å². The van der Waals surface area contributed by atoms with Gasteiger partial charge in [-0.1, -0.05) is 12.1 Å². The molecular formula is C21H36IN5O. The molecule has 0 aliphatic carbocycles. The monoisotopic (exact) mass is 501 g/mol. The van der Waals surface area contributed by atoms with Crippen molar-refractivity contribution in [2.75, 3.05) is 53.9 Å². The molecule has 28 heavy (non-hydrogen) atoms. The van der Waals surface area contributed by atoms with Crippen molar-refractivity contribution in [3.63, 3.8) is 0 Å². The highest BCUT2D eigenvalue weighted by Gasteiger charge is 2.10. The van der Waals surface area contributed by atoms with Gasteiger partial charge in [-0.15, -0.1) is 24.0 Å². The zero-order valence-electron chi connectivity index (χ0n) is 17.5. The first kappa shape index (κ1) is 24.7. The largest absolute Gasteiger partial charge is 0.356 e. The van der Waals surface area contributed by atoms with Gasteiger partial charge in [0.2, 0.25) is 0 Å². The fourth-order valence-electron chi connectivity index (χ4n) is 3.34. The second kappa shape index (κ2) is 13.8. The molecule has 0 atom stereocenters. The molecule has 1 aliphatic rings.